The monoisotopic (exact) mass is 502 g/mol. The van der Waals surface area contributed by atoms with Gasteiger partial charge in [-0.25, -0.2) is 4.99 Å². The molecular formula is C31H38N2O2S. The van der Waals surface area contributed by atoms with E-state index >= 15 is 0 Å². The number of aryl methyl sites for hydroxylation is 1. The minimum Gasteiger partial charge on any atom is -0.496 e. The zero-order chi connectivity index (χ0) is 26.0. The molecule has 1 N–H and O–H groups in total. The van der Waals surface area contributed by atoms with Crippen LogP contribution in [0.4, 0.5) is 10.7 Å². The molecular weight excluding hydrogens is 464 g/mol. The standard InChI is InChI=1S/C31H38N2O2S/c1-19(2)25-16-21(20(3)15-26(25)35-7)18-32-30-28(29(34)33-23-11-9-8-10-12-23)24-14-13-22(31(4,5)6)17-27(24)36-30/h8-12,15-16,18-19,22H,13-14,17H2,1-7H3,(H,33,34)/t22-/m0/s1. The van der Waals surface area contributed by atoms with Crippen LogP contribution in [0.2, 0.25) is 0 Å². The largest absolute Gasteiger partial charge is 0.496 e. The van der Waals surface area contributed by atoms with Crippen LogP contribution in [0, 0.1) is 18.3 Å². The van der Waals surface area contributed by atoms with E-state index in [1.54, 1.807) is 18.4 Å². The van der Waals surface area contributed by atoms with E-state index in [-0.39, 0.29) is 11.3 Å². The zero-order valence-corrected chi connectivity index (χ0v) is 23.4. The van der Waals surface area contributed by atoms with Crippen molar-refractivity contribution in [1.82, 2.24) is 0 Å². The number of nitrogens with one attached hydrogen (secondary N) is 1. The Bertz CT molecular complexity index is 1270. The van der Waals surface area contributed by atoms with Crippen LogP contribution in [0.1, 0.15) is 84.4 Å². The second-order valence-electron chi connectivity index (χ2n) is 11.2. The van der Waals surface area contributed by atoms with Gasteiger partial charge >= 0.3 is 0 Å². The van der Waals surface area contributed by atoms with E-state index in [1.807, 2.05) is 36.5 Å². The second-order valence-corrected chi connectivity index (χ2v) is 12.3. The lowest BCUT2D eigenvalue weighted by Crippen LogP contribution is -2.27. The summed E-state index contributed by atoms with van der Waals surface area (Å²) in [7, 11) is 1.72. The topological polar surface area (TPSA) is 50.7 Å². The Morgan fingerprint density at radius 1 is 1.19 bits per heavy atom. The first-order chi connectivity index (χ1) is 17.1. The molecule has 2 aromatic carbocycles. The average Bonchev–Trinajstić information content (AvgIpc) is 3.20. The number of ether oxygens (including phenoxy) is 1. The first kappa shape index (κ1) is 26.2. The quantitative estimate of drug-likeness (QED) is 0.344. The Morgan fingerprint density at radius 2 is 1.92 bits per heavy atom. The molecule has 4 rings (SSSR count). The van der Waals surface area contributed by atoms with Crippen LogP contribution >= 0.6 is 11.3 Å². The van der Waals surface area contributed by atoms with E-state index in [1.165, 1.54) is 10.4 Å². The highest BCUT2D eigenvalue weighted by Crippen LogP contribution is 2.45. The van der Waals surface area contributed by atoms with Crippen molar-refractivity contribution in [2.75, 3.05) is 12.4 Å². The molecule has 4 nitrogen and oxygen atoms in total. The predicted octanol–water partition coefficient (Wildman–Crippen LogP) is 8.34. The van der Waals surface area contributed by atoms with Crippen molar-refractivity contribution in [3.05, 3.63) is 75.2 Å². The normalized spacial score (nSPS) is 15.8. The lowest BCUT2D eigenvalue weighted by molar-refractivity contribution is 0.102. The van der Waals surface area contributed by atoms with Crippen molar-refractivity contribution in [2.24, 2.45) is 16.3 Å². The molecule has 1 aliphatic rings. The molecule has 0 spiro atoms. The number of amides is 1. The third kappa shape index (κ3) is 5.57. The van der Waals surface area contributed by atoms with Gasteiger partial charge in [0.2, 0.25) is 0 Å². The van der Waals surface area contributed by atoms with Gasteiger partial charge in [0.05, 0.1) is 12.7 Å². The Hall–Kier alpha value is -2.92. The Morgan fingerprint density at radius 3 is 2.56 bits per heavy atom. The summed E-state index contributed by atoms with van der Waals surface area (Å²) in [5.41, 5.74) is 6.26. The summed E-state index contributed by atoms with van der Waals surface area (Å²) in [5.74, 6) is 1.77. The number of hydrogen-bond acceptors (Lipinski definition) is 4. The van der Waals surface area contributed by atoms with Gasteiger partial charge in [0.25, 0.3) is 5.91 Å². The molecule has 1 atom stereocenters. The summed E-state index contributed by atoms with van der Waals surface area (Å²) in [4.78, 5) is 19.8. The minimum absolute atomic E-state index is 0.0746. The number of thiophene rings is 1. The Kier molecular flexibility index (Phi) is 7.70. The molecule has 1 heterocycles. The van der Waals surface area contributed by atoms with E-state index in [4.69, 9.17) is 9.73 Å². The van der Waals surface area contributed by atoms with Gasteiger partial charge in [-0.1, -0.05) is 52.8 Å². The molecule has 1 aromatic heterocycles. The molecule has 3 aromatic rings. The van der Waals surface area contributed by atoms with Crippen molar-refractivity contribution in [3.8, 4) is 5.75 Å². The van der Waals surface area contributed by atoms with Gasteiger partial charge in [-0.15, -0.1) is 11.3 Å². The van der Waals surface area contributed by atoms with E-state index < -0.39 is 0 Å². The minimum atomic E-state index is -0.0746. The second kappa shape index (κ2) is 10.6. The fourth-order valence-corrected chi connectivity index (χ4v) is 6.23. The van der Waals surface area contributed by atoms with Crippen molar-refractivity contribution in [3.63, 3.8) is 0 Å². The number of rotatable bonds is 6. The van der Waals surface area contributed by atoms with Crippen molar-refractivity contribution in [1.29, 1.82) is 0 Å². The highest BCUT2D eigenvalue weighted by atomic mass is 32.1. The predicted molar refractivity (Wildman–Crippen MR) is 153 cm³/mol. The Balaban J connectivity index is 1.74. The van der Waals surface area contributed by atoms with Gasteiger partial charge in [-0.05, 0) is 90.0 Å². The van der Waals surface area contributed by atoms with Gasteiger partial charge in [0.15, 0.2) is 0 Å². The number of para-hydroxylation sites is 1. The fraction of sp³-hybridized carbons (Fsp3) is 0.419. The average molecular weight is 503 g/mol. The Labute approximate surface area is 219 Å². The number of aliphatic imine (C=N–C) groups is 1. The molecule has 0 radical (unpaired) electrons. The molecule has 0 aliphatic heterocycles. The maximum atomic E-state index is 13.6. The van der Waals surface area contributed by atoms with Crippen LogP contribution < -0.4 is 10.1 Å². The molecule has 1 aliphatic carbocycles. The summed E-state index contributed by atoms with van der Waals surface area (Å²) in [6.45, 7) is 13.4. The first-order valence-corrected chi connectivity index (χ1v) is 13.6. The number of carbonyl (C=O) groups excluding carboxylic acids is 1. The maximum absolute atomic E-state index is 13.6. The van der Waals surface area contributed by atoms with Crippen LogP contribution in [0.3, 0.4) is 0 Å². The molecule has 190 valence electrons. The number of fused-ring (bicyclic) bond motifs is 1. The van der Waals surface area contributed by atoms with Crippen LogP contribution in [-0.4, -0.2) is 19.2 Å². The summed E-state index contributed by atoms with van der Waals surface area (Å²) in [6.07, 6.45) is 4.93. The van der Waals surface area contributed by atoms with Crippen molar-refractivity contribution < 1.29 is 9.53 Å². The number of hydrogen-bond donors (Lipinski definition) is 1. The molecule has 1 amide bonds. The smallest absolute Gasteiger partial charge is 0.259 e. The van der Waals surface area contributed by atoms with Gasteiger partial charge in [-0.2, -0.15) is 0 Å². The summed E-state index contributed by atoms with van der Waals surface area (Å²) in [5, 5.41) is 3.90. The summed E-state index contributed by atoms with van der Waals surface area (Å²) >= 11 is 1.68. The lowest BCUT2D eigenvalue weighted by Gasteiger charge is -2.33. The molecule has 0 bridgehead atoms. The molecule has 36 heavy (non-hydrogen) atoms. The molecule has 0 saturated carbocycles. The number of anilines is 1. The fourth-order valence-electron chi connectivity index (χ4n) is 4.96. The van der Waals surface area contributed by atoms with Gasteiger partial charge in [0, 0.05) is 16.8 Å². The molecule has 5 heteroatoms. The number of nitrogens with zero attached hydrogens (tertiary/aromatic N) is 1. The van der Waals surface area contributed by atoms with Crippen molar-refractivity contribution >= 4 is 34.1 Å². The van der Waals surface area contributed by atoms with Crippen LogP contribution in [0.5, 0.6) is 5.75 Å². The third-order valence-electron chi connectivity index (χ3n) is 7.29. The van der Waals surface area contributed by atoms with Crippen LogP contribution in [0.15, 0.2) is 47.5 Å². The lowest BCUT2D eigenvalue weighted by atomic mass is 9.72. The van der Waals surface area contributed by atoms with Gasteiger partial charge in [-0.3, -0.25) is 4.79 Å². The zero-order valence-electron chi connectivity index (χ0n) is 22.6. The number of carbonyl (C=O) groups is 1. The van der Waals surface area contributed by atoms with E-state index in [0.29, 0.717) is 11.8 Å². The summed E-state index contributed by atoms with van der Waals surface area (Å²) in [6, 6.07) is 13.9. The summed E-state index contributed by atoms with van der Waals surface area (Å²) < 4.78 is 5.61. The maximum Gasteiger partial charge on any atom is 0.259 e. The van der Waals surface area contributed by atoms with Crippen LogP contribution in [0.25, 0.3) is 0 Å². The molecule has 0 saturated heterocycles. The first-order valence-electron chi connectivity index (χ1n) is 12.8. The number of methoxy groups -OCH3 is 1. The van der Waals surface area contributed by atoms with E-state index in [9.17, 15) is 4.79 Å². The number of benzene rings is 2. The molecule has 0 unspecified atom stereocenters. The van der Waals surface area contributed by atoms with Gasteiger partial charge < -0.3 is 10.1 Å². The van der Waals surface area contributed by atoms with Gasteiger partial charge in [0.1, 0.15) is 10.8 Å². The van der Waals surface area contributed by atoms with E-state index in [0.717, 1.165) is 58.0 Å². The van der Waals surface area contributed by atoms with Crippen molar-refractivity contribution in [2.45, 2.75) is 66.7 Å². The third-order valence-corrected chi connectivity index (χ3v) is 8.45. The highest BCUT2D eigenvalue weighted by Gasteiger charge is 2.33. The highest BCUT2D eigenvalue weighted by molar-refractivity contribution is 7.16. The van der Waals surface area contributed by atoms with Crippen LogP contribution in [-0.2, 0) is 12.8 Å². The molecule has 0 fully saturated rings. The SMILES string of the molecule is COc1cc(C)c(C=Nc2sc3c(c2C(=O)Nc2ccccc2)CC[C@H](C(C)(C)C)C3)cc1C(C)C. The van der Waals surface area contributed by atoms with E-state index in [2.05, 4.69) is 59.0 Å².